The summed E-state index contributed by atoms with van der Waals surface area (Å²) in [7, 11) is 0. The van der Waals surface area contributed by atoms with E-state index in [4.69, 9.17) is 5.26 Å². The minimum absolute atomic E-state index is 0.130. The van der Waals surface area contributed by atoms with Crippen LogP contribution in [0.15, 0.2) is 0 Å². The van der Waals surface area contributed by atoms with Crippen LogP contribution >= 0.6 is 0 Å². The number of halogens is 3. The first-order valence-corrected chi connectivity index (χ1v) is 4.78. The van der Waals surface area contributed by atoms with Crippen LogP contribution in [0.25, 0.3) is 0 Å². The van der Waals surface area contributed by atoms with Gasteiger partial charge in [-0.15, -0.1) is 0 Å². The van der Waals surface area contributed by atoms with Gasteiger partial charge < -0.3 is 4.74 Å². The summed E-state index contributed by atoms with van der Waals surface area (Å²) >= 11 is 0. The maximum atomic E-state index is 11.9. The third-order valence-corrected chi connectivity index (χ3v) is 3.14. The molecule has 7 heteroatoms. The van der Waals surface area contributed by atoms with Gasteiger partial charge in [-0.25, -0.2) is 4.79 Å². The number of nitrogens with one attached hydrogen (secondary N) is 1. The average Bonchev–Trinajstić information content (AvgIpc) is 2.09. The lowest BCUT2D eigenvalue weighted by atomic mass is 9.57. The summed E-state index contributed by atoms with van der Waals surface area (Å²) in [6.07, 6.45) is -4.87. The van der Waals surface area contributed by atoms with Gasteiger partial charge in [-0.2, -0.15) is 18.4 Å². The largest absolute Gasteiger partial charge is 0.490 e. The molecule has 1 unspecified atom stereocenters. The van der Waals surface area contributed by atoms with Gasteiger partial charge in [-0.05, 0) is 12.8 Å². The fourth-order valence-corrected chi connectivity index (χ4v) is 2.19. The fourth-order valence-electron chi connectivity index (χ4n) is 2.19. The Bertz CT molecular complexity index is 355. The zero-order valence-corrected chi connectivity index (χ0v) is 8.17. The lowest BCUT2D eigenvalue weighted by Gasteiger charge is -2.56. The summed E-state index contributed by atoms with van der Waals surface area (Å²) in [5, 5.41) is 11.2. The van der Waals surface area contributed by atoms with Gasteiger partial charge >= 0.3 is 12.1 Å². The average molecular weight is 234 g/mol. The molecule has 0 aromatic rings. The van der Waals surface area contributed by atoms with Crippen LogP contribution in [0.5, 0.6) is 0 Å². The second-order valence-corrected chi connectivity index (χ2v) is 4.26. The molecule has 1 spiro atoms. The SMILES string of the molecule is N#CC1CC2(CNC2OC(=O)C(F)(F)F)C1. The summed E-state index contributed by atoms with van der Waals surface area (Å²) in [5.74, 6) is -2.31. The number of hydrogen-bond acceptors (Lipinski definition) is 4. The molecule has 16 heavy (non-hydrogen) atoms. The summed E-state index contributed by atoms with van der Waals surface area (Å²) < 4.78 is 40.1. The molecule has 1 saturated carbocycles. The molecule has 4 nitrogen and oxygen atoms in total. The Balaban J connectivity index is 1.90. The third-order valence-electron chi connectivity index (χ3n) is 3.14. The van der Waals surface area contributed by atoms with Crippen LogP contribution in [0.2, 0.25) is 0 Å². The maximum absolute atomic E-state index is 11.9. The molecular weight excluding hydrogens is 225 g/mol. The molecule has 0 aromatic heterocycles. The quantitative estimate of drug-likeness (QED) is 0.686. The van der Waals surface area contributed by atoms with Crippen molar-refractivity contribution >= 4 is 5.97 Å². The van der Waals surface area contributed by atoms with E-state index in [9.17, 15) is 18.0 Å². The molecule has 1 N–H and O–H groups in total. The van der Waals surface area contributed by atoms with Gasteiger partial charge in [0.15, 0.2) is 6.23 Å². The van der Waals surface area contributed by atoms with E-state index < -0.39 is 23.8 Å². The zero-order valence-electron chi connectivity index (χ0n) is 8.17. The molecule has 0 radical (unpaired) electrons. The first kappa shape index (κ1) is 11.2. The van der Waals surface area contributed by atoms with Crippen LogP contribution in [0.1, 0.15) is 12.8 Å². The van der Waals surface area contributed by atoms with Crippen LogP contribution in [-0.2, 0) is 9.53 Å². The van der Waals surface area contributed by atoms with E-state index in [1.807, 2.05) is 6.07 Å². The molecular formula is C9H9F3N2O2. The minimum atomic E-state index is -4.96. The van der Waals surface area contributed by atoms with Crippen molar-refractivity contribution in [2.75, 3.05) is 6.54 Å². The third kappa shape index (κ3) is 1.63. The Labute approximate surface area is 89.4 Å². The van der Waals surface area contributed by atoms with E-state index in [0.717, 1.165) is 0 Å². The first-order chi connectivity index (χ1) is 7.37. The van der Waals surface area contributed by atoms with Gasteiger partial charge in [-0.3, -0.25) is 5.32 Å². The number of ether oxygens (including phenoxy) is 1. The number of nitriles is 1. The lowest BCUT2D eigenvalue weighted by molar-refractivity contribution is -0.231. The minimum Gasteiger partial charge on any atom is -0.439 e. The summed E-state index contributed by atoms with van der Waals surface area (Å²) in [5.41, 5.74) is -0.443. The molecule has 0 aromatic carbocycles. The Hall–Kier alpha value is -1.29. The van der Waals surface area contributed by atoms with E-state index in [2.05, 4.69) is 10.1 Å². The number of nitrogens with zero attached hydrogens (tertiary/aromatic N) is 1. The number of carbonyl (C=O) groups is 1. The van der Waals surface area contributed by atoms with Crippen LogP contribution in [-0.4, -0.2) is 24.9 Å². The second kappa shape index (κ2) is 3.35. The van der Waals surface area contributed by atoms with Gasteiger partial charge in [0, 0.05) is 17.9 Å². The Morgan fingerprint density at radius 1 is 1.50 bits per heavy atom. The van der Waals surface area contributed by atoms with Crippen molar-refractivity contribution in [1.82, 2.24) is 5.32 Å². The van der Waals surface area contributed by atoms with Gasteiger partial charge in [0.05, 0.1) is 6.07 Å². The first-order valence-electron chi connectivity index (χ1n) is 4.78. The van der Waals surface area contributed by atoms with Gasteiger partial charge in [-0.1, -0.05) is 0 Å². The molecule has 88 valence electrons. The molecule has 0 bridgehead atoms. The van der Waals surface area contributed by atoms with Crippen LogP contribution in [0, 0.1) is 22.7 Å². The summed E-state index contributed by atoms with van der Waals surface area (Å²) in [6, 6.07) is 2.04. The number of esters is 1. The zero-order chi connectivity index (χ0) is 12.0. The van der Waals surface area contributed by atoms with Gasteiger partial charge in [0.1, 0.15) is 0 Å². The maximum Gasteiger partial charge on any atom is 0.490 e. The van der Waals surface area contributed by atoms with Crippen LogP contribution in [0.4, 0.5) is 13.2 Å². The van der Waals surface area contributed by atoms with Crippen molar-refractivity contribution < 1.29 is 22.7 Å². The highest BCUT2D eigenvalue weighted by molar-refractivity contribution is 5.75. The second-order valence-electron chi connectivity index (χ2n) is 4.26. The predicted octanol–water partition coefficient (Wildman–Crippen LogP) is 0.941. The topological polar surface area (TPSA) is 62.1 Å². The van der Waals surface area contributed by atoms with Crippen LogP contribution < -0.4 is 5.32 Å². The Morgan fingerprint density at radius 2 is 2.12 bits per heavy atom. The van der Waals surface area contributed by atoms with Crippen LogP contribution in [0.3, 0.4) is 0 Å². The molecule has 1 atom stereocenters. The normalized spacial score (nSPS) is 37.1. The number of alkyl halides is 3. The number of hydrogen-bond donors (Lipinski definition) is 1. The fraction of sp³-hybridized carbons (Fsp3) is 0.778. The highest BCUT2D eigenvalue weighted by atomic mass is 19.4. The van der Waals surface area contributed by atoms with Gasteiger partial charge in [0.25, 0.3) is 0 Å². The van der Waals surface area contributed by atoms with Crippen molar-refractivity contribution in [3.63, 3.8) is 0 Å². The van der Waals surface area contributed by atoms with Crippen molar-refractivity contribution in [3.8, 4) is 6.07 Å². The molecule has 1 saturated heterocycles. The summed E-state index contributed by atoms with van der Waals surface area (Å²) in [6.45, 7) is 0.501. The van der Waals surface area contributed by atoms with E-state index in [0.29, 0.717) is 19.4 Å². The molecule has 1 aliphatic carbocycles. The van der Waals surface area contributed by atoms with Crippen molar-refractivity contribution in [2.45, 2.75) is 25.2 Å². The highest BCUT2D eigenvalue weighted by Gasteiger charge is 2.59. The molecule has 1 heterocycles. The van der Waals surface area contributed by atoms with E-state index in [-0.39, 0.29) is 5.92 Å². The number of carbonyl (C=O) groups excluding carboxylic acids is 1. The van der Waals surface area contributed by atoms with Gasteiger partial charge in [0.2, 0.25) is 0 Å². The van der Waals surface area contributed by atoms with Crippen molar-refractivity contribution in [2.24, 2.45) is 11.3 Å². The molecule has 2 fully saturated rings. The molecule has 2 aliphatic rings. The highest BCUT2D eigenvalue weighted by Crippen LogP contribution is 2.52. The smallest absolute Gasteiger partial charge is 0.439 e. The summed E-state index contributed by atoms with van der Waals surface area (Å²) in [4.78, 5) is 10.6. The molecule has 0 amide bonds. The lowest BCUT2D eigenvalue weighted by Crippen LogP contribution is -2.69. The Kier molecular flexibility index (Phi) is 2.35. The van der Waals surface area contributed by atoms with Crippen molar-refractivity contribution in [3.05, 3.63) is 0 Å². The molecule has 1 aliphatic heterocycles. The van der Waals surface area contributed by atoms with E-state index in [1.54, 1.807) is 0 Å². The monoisotopic (exact) mass is 234 g/mol. The van der Waals surface area contributed by atoms with Crippen molar-refractivity contribution in [1.29, 1.82) is 5.26 Å². The molecule has 2 rings (SSSR count). The predicted molar refractivity (Wildman–Crippen MR) is 44.7 cm³/mol. The van der Waals surface area contributed by atoms with E-state index in [1.165, 1.54) is 0 Å². The Morgan fingerprint density at radius 3 is 2.50 bits per heavy atom. The number of rotatable bonds is 1. The van der Waals surface area contributed by atoms with E-state index >= 15 is 0 Å². The standard InChI is InChI=1S/C9H9F3N2O2/c10-9(11,12)7(15)16-6-8(4-14-6)1-5(2-8)3-13/h5-6,14H,1-2,4H2.